The van der Waals surface area contributed by atoms with Gasteiger partial charge in [-0.15, -0.1) is 0 Å². The van der Waals surface area contributed by atoms with Crippen molar-refractivity contribution in [2.24, 2.45) is 0 Å². The van der Waals surface area contributed by atoms with Gasteiger partial charge in [0.1, 0.15) is 0 Å². The van der Waals surface area contributed by atoms with Crippen LogP contribution in [0.2, 0.25) is 0 Å². The molecule has 2 atom stereocenters. The quantitative estimate of drug-likeness (QED) is 0.779. The van der Waals surface area contributed by atoms with Crippen molar-refractivity contribution in [2.45, 2.75) is 19.3 Å². The summed E-state index contributed by atoms with van der Waals surface area (Å²) in [7, 11) is 2.10. The maximum Gasteiger partial charge on any atom is 0.170 e. The molecule has 0 bridgehead atoms. The Balaban J connectivity index is 2.04. The summed E-state index contributed by atoms with van der Waals surface area (Å²) in [4.78, 5) is 2.25. The maximum absolute atomic E-state index is 5.92. The fourth-order valence-corrected chi connectivity index (χ4v) is 2.01. The van der Waals surface area contributed by atoms with E-state index < -0.39 is 0 Å². The number of nitrogens with zero attached hydrogens (tertiary/aromatic N) is 1. The molecule has 0 saturated carbocycles. The number of hydrogen-bond donors (Lipinski definition) is 0. The van der Waals surface area contributed by atoms with Gasteiger partial charge in [0.05, 0.1) is 6.10 Å². The second kappa shape index (κ2) is 5.43. The minimum absolute atomic E-state index is 0.103. The number of benzene rings is 1. The lowest BCUT2D eigenvalue weighted by Crippen LogP contribution is -2.43. The van der Waals surface area contributed by atoms with Gasteiger partial charge < -0.3 is 9.47 Å². The van der Waals surface area contributed by atoms with Gasteiger partial charge in [-0.05, 0) is 19.5 Å². The third-order valence-corrected chi connectivity index (χ3v) is 2.78. The largest absolute Gasteiger partial charge is 0.352 e. The lowest BCUT2D eigenvalue weighted by atomic mass is 10.1. The van der Waals surface area contributed by atoms with Crippen LogP contribution >= 0.6 is 0 Å². The minimum Gasteiger partial charge on any atom is -0.352 e. The summed E-state index contributed by atoms with van der Waals surface area (Å²) in [5, 5.41) is 0. The van der Waals surface area contributed by atoms with Crippen molar-refractivity contribution in [2.75, 3.05) is 26.7 Å². The molecular weight excluding hydrogens is 202 g/mol. The first kappa shape index (κ1) is 11.6. The normalized spacial score (nSPS) is 26.9. The lowest BCUT2D eigenvalue weighted by Gasteiger charge is -2.35. The lowest BCUT2D eigenvalue weighted by molar-refractivity contribution is -0.207. The molecule has 1 aliphatic heterocycles. The van der Waals surface area contributed by atoms with Crippen molar-refractivity contribution >= 4 is 0 Å². The molecule has 0 amide bonds. The molecule has 1 fully saturated rings. The van der Waals surface area contributed by atoms with E-state index in [0.717, 1.165) is 13.1 Å². The van der Waals surface area contributed by atoms with E-state index in [1.165, 1.54) is 5.56 Å². The topological polar surface area (TPSA) is 21.7 Å². The van der Waals surface area contributed by atoms with Crippen molar-refractivity contribution in [3.8, 4) is 0 Å². The van der Waals surface area contributed by atoms with Gasteiger partial charge in [-0.2, -0.15) is 0 Å². The maximum atomic E-state index is 5.92. The molecule has 0 unspecified atom stereocenters. The molecule has 3 heteroatoms. The molecule has 1 aromatic rings. The summed E-state index contributed by atoms with van der Waals surface area (Å²) in [6.45, 7) is 4.46. The van der Waals surface area contributed by atoms with Gasteiger partial charge in [0.15, 0.2) is 6.29 Å². The molecule has 0 spiro atoms. The molecule has 1 aliphatic rings. The Bertz CT molecular complexity index is 315. The van der Waals surface area contributed by atoms with E-state index in [2.05, 4.69) is 24.1 Å². The summed E-state index contributed by atoms with van der Waals surface area (Å²) in [6, 6.07) is 10.3. The Morgan fingerprint density at radius 1 is 1.31 bits per heavy atom. The van der Waals surface area contributed by atoms with Crippen LogP contribution < -0.4 is 0 Å². The van der Waals surface area contributed by atoms with Crippen molar-refractivity contribution in [3.05, 3.63) is 35.9 Å². The summed E-state index contributed by atoms with van der Waals surface area (Å²) in [5.41, 5.74) is 1.22. The Labute approximate surface area is 97.0 Å². The van der Waals surface area contributed by atoms with Gasteiger partial charge in [-0.3, -0.25) is 4.90 Å². The first-order valence-corrected chi connectivity index (χ1v) is 5.80. The zero-order chi connectivity index (χ0) is 11.4. The average Bonchev–Trinajstić information content (AvgIpc) is 2.30. The van der Waals surface area contributed by atoms with Crippen LogP contribution in [0.3, 0.4) is 0 Å². The number of morpholine rings is 1. The van der Waals surface area contributed by atoms with Crippen molar-refractivity contribution in [1.82, 2.24) is 4.90 Å². The fraction of sp³-hybridized carbons (Fsp3) is 0.538. The summed E-state index contributed by atoms with van der Waals surface area (Å²) >= 11 is 0. The zero-order valence-corrected chi connectivity index (χ0v) is 9.93. The zero-order valence-electron chi connectivity index (χ0n) is 9.93. The van der Waals surface area contributed by atoms with E-state index in [-0.39, 0.29) is 12.4 Å². The Morgan fingerprint density at radius 3 is 2.75 bits per heavy atom. The van der Waals surface area contributed by atoms with Crippen LogP contribution in [0.4, 0.5) is 0 Å². The highest BCUT2D eigenvalue weighted by molar-refractivity contribution is 5.18. The SMILES string of the molecule is CCO[C@@H]1CN(C)C[C@H](c2ccccc2)O1. The van der Waals surface area contributed by atoms with E-state index in [1.807, 2.05) is 25.1 Å². The summed E-state index contributed by atoms with van der Waals surface area (Å²) in [5.74, 6) is 0. The van der Waals surface area contributed by atoms with Gasteiger partial charge >= 0.3 is 0 Å². The molecule has 0 N–H and O–H groups in total. The molecule has 3 nitrogen and oxygen atoms in total. The van der Waals surface area contributed by atoms with E-state index in [0.29, 0.717) is 6.61 Å². The first-order valence-electron chi connectivity index (χ1n) is 5.80. The first-order chi connectivity index (χ1) is 7.79. The van der Waals surface area contributed by atoms with Crippen LogP contribution in [0.25, 0.3) is 0 Å². The predicted octanol–water partition coefficient (Wildman–Crippen LogP) is 2.05. The number of ether oxygens (including phenoxy) is 2. The molecular formula is C13H19NO2. The van der Waals surface area contributed by atoms with E-state index in [4.69, 9.17) is 9.47 Å². The van der Waals surface area contributed by atoms with Crippen molar-refractivity contribution in [3.63, 3.8) is 0 Å². The second-order valence-corrected chi connectivity index (χ2v) is 4.14. The summed E-state index contributed by atoms with van der Waals surface area (Å²) < 4.78 is 11.5. The van der Waals surface area contributed by atoms with Crippen LogP contribution in [0.5, 0.6) is 0 Å². The van der Waals surface area contributed by atoms with Gasteiger partial charge in [0, 0.05) is 19.7 Å². The standard InChI is InChI=1S/C13H19NO2/c1-3-15-13-10-14(2)9-12(16-13)11-7-5-4-6-8-11/h4-8,12-13H,3,9-10H2,1-2H3/t12-,13+/m1/s1. The Hall–Kier alpha value is -0.900. The van der Waals surface area contributed by atoms with E-state index in [9.17, 15) is 0 Å². The van der Waals surface area contributed by atoms with E-state index >= 15 is 0 Å². The number of rotatable bonds is 3. The molecule has 1 heterocycles. The monoisotopic (exact) mass is 221 g/mol. The van der Waals surface area contributed by atoms with Gasteiger partial charge in [-0.1, -0.05) is 30.3 Å². The molecule has 0 radical (unpaired) electrons. The molecule has 88 valence electrons. The number of hydrogen-bond acceptors (Lipinski definition) is 3. The van der Waals surface area contributed by atoms with Crippen LogP contribution in [0.15, 0.2) is 30.3 Å². The second-order valence-electron chi connectivity index (χ2n) is 4.14. The average molecular weight is 221 g/mol. The number of likely N-dealkylation sites (N-methyl/N-ethyl adjacent to an activating group) is 1. The summed E-state index contributed by atoms with van der Waals surface area (Å²) in [6.07, 6.45) is 0.0189. The molecule has 16 heavy (non-hydrogen) atoms. The molecule has 0 aliphatic carbocycles. The smallest absolute Gasteiger partial charge is 0.170 e. The predicted molar refractivity (Wildman–Crippen MR) is 63.2 cm³/mol. The minimum atomic E-state index is -0.103. The highest BCUT2D eigenvalue weighted by atomic mass is 16.7. The molecule has 2 rings (SSSR count). The van der Waals surface area contributed by atoms with Crippen LogP contribution in [0, 0.1) is 0 Å². The van der Waals surface area contributed by atoms with E-state index in [1.54, 1.807) is 0 Å². The van der Waals surface area contributed by atoms with Crippen molar-refractivity contribution < 1.29 is 9.47 Å². The van der Waals surface area contributed by atoms with Crippen molar-refractivity contribution in [1.29, 1.82) is 0 Å². The molecule has 0 aromatic heterocycles. The van der Waals surface area contributed by atoms with Gasteiger partial charge in [-0.25, -0.2) is 0 Å². The van der Waals surface area contributed by atoms with Gasteiger partial charge in [0.2, 0.25) is 0 Å². The van der Waals surface area contributed by atoms with Crippen LogP contribution in [-0.2, 0) is 9.47 Å². The molecule has 1 aromatic carbocycles. The Morgan fingerprint density at radius 2 is 2.06 bits per heavy atom. The van der Waals surface area contributed by atoms with Crippen LogP contribution in [-0.4, -0.2) is 37.9 Å². The fourth-order valence-electron chi connectivity index (χ4n) is 2.01. The third-order valence-electron chi connectivity index (χ3n) is 2.78. The molecule has 1 saturated heterocycles. The highest BCUT2D eigenvalue weighted by Crippen LogP contribution is 2.24. The van der Waals surface area contributed by atoms with Gasteiger partial charge in [0.25, 0.3) is 0 Å². The van der Waals surface area contributed by atoms with Crippen LogP contribution in [0.1, 0.15) is 18.6 Å². The highest BCUT2D eigenvalue weighted by Gasteiger charge is 2.26. The third kappa shape index (κ3) is 2.82. The Kier molecular flexibility index (Phi) is 3.93.